The highest BCUT2D eigenvalue weighted by Gasteiger charge is 2.21. The van der Waals surface area contributed by atoms with Crippen LogP contribution in [-0.2, 0) is 7.05 Å². The molecule has 0 bridgehead atoms. The number of fused-ring (bicyclic) bond motifs is 2. The van der Waals surface area contributed by atoms with Crippen molar-refractivity contribution in [2.75, 3.05) is 13.1 Å². The number of rotatable bonds is 2. The predicted octanol–water partition coefficient (Wildman–Crippen LogP) is 1.72. The lowest BCUT2D eigenvalue weighted by Gasteiger charge is -2.13. The van der Waals surface area contributed by atoms with Crippen LogP contribution in [-0.4, -0.2) is 42.5 Å². The fourth-order valence-corrected chi connectivity index (χ4v) is 3.75. The summed E-state index contributed by atoms with van der Waals surface area (Å²) >= 11 is 0. The molecule has 1 saturated heterocycles. The van der Waals surface area contributed by atoms with E-state index in [1.807, 2.05) is 0 Å². The Balaban J connectivity index is 1.66. The van der Waals surface area contributed by atoms with Gasteiger partial charge in [-0.2, -0.15) is 5.10 Å². The minimum atomic E-state index is -0.819. The van der Waals surface area contributed by atoms with Crippen LogP contribution >= 0.6 is 0 Å². The summed E-state index contributed by atoms with van der Waals surface area (Å²) in [5.74, 6) is -1.23. The molecular formula is C19H17FN6O2. The van der Waals surface area contributed by atoms with Crippen LogP contribution in [0.1, 0.15) is 12.5 Å². The highest BCUT2D eigenvalue weighted by molar-refractivity contribution is 5.88. The Morgan fingerprint density at radius 3 is 3.04 bits per heavy atom. The van der Waals surface area contributed by atoms with Gasteiger partial charge in [0.2, 0.25) is 0 Å². The number of hydrogen-bond donors (Lipinski definition) is 2. The molecule has 5 rings (SSSR count). The molecule has 4 heterocycles. The van der Waals surface area contributed by atoms with E-state index >= 15 is 0 Å². The monoisotopic (exact) mass is 380 g/mol. The lowest BCUT2D eigenvalue weighted by Crippen LogP contribution is -2.26. The molecule has 0 spiro atoms. The minimum absolute atomic E-state index is 0.0811. The molecule has 1 aliphatic heterocycles. The van der Waals surface area contributed by atoms with Crippen molar-refractivity contribution in [3.8, 4) is 17.1 Å². The van der Waals surface area contributed by atoms with E-state index in [9.17, 15) is 14.3 Å². The van der Waals surface area contributed by atoms with Gasteiger partial charge in [-0.3, -0.25) is 9.48 Å². The number of nitrogens with one attached hydrogen (secondary N) is 1. The first-order valence-corrected chi connectivity index (χ1v) is 8.97. The van der Waals surface area contributed by atoms with Crippen LogP contribution in [0.4, 0.5) is 4.39 Å². The van der Waals surface area contributed by atoms with Crippen LogP contribution in [0.2, 0.25) is 0 Å². The Bertz CT molecular complexity index is 1290. The first-order chi connectivity index (χ1) is 13.5. The Hall–Kier alpha value is -3.33. The van der Waals surface area contributed by atoms with Gasteiger partial charge in [-0.1, -0.05) is 0 Å². The van der Waals surface area contributed by atoms with Crippen LogP contribution in [0.5, 0.6) is 5.75 Å². The van der Waals surface area contributed by atoms with Crippen LogP contribution in [0.3, 0.4) is 0 Å². The largest absolute Gasteiger partial charge is 0.504 e. The molecule has 2 N–H and O–H groups in total. The molecule has 8 nitrogen and oxygen atoms in total. The van der Waals surface area contributed by atoms with Gasteiger partial charge in [0, 0.05) is 37.6 Å². The summed E-state index contributed by atoms with van der Waals surface area (Å²) < 4.78 is 17.7. The van der Waals surface area contributed by atoms with E-state index in [0.29, 0.717) is 16.3 Å². The summed E-state index contributed by atoms with van der Waals surface area (Å²) in [6.45, 7) is 1.63. The fraction of sp³-hybridized carbons (Fsp3) is 0.263. The van der Waals surface area contributed by atoms with E-state index in [0.717, 1.165) is 19.5 Å². The summed E-state index contributed by atoms with van der Waals surface area (Å²) in [6, 6.07) is 3.45. The highest BCUT2D eigenvalue weighted by Crippen LogP contribution is 2.34. The van der Waals surface area contributed by atoms with E-state index in [2.05, 4.69) is 20.4 Å². The Kier molecular flexibility index (Phi) is 3.66. The third kappa shape index (κ3) is 2.47. The Morgan fingerprint density at radius 1 is 1.39 bits per heavy atom. The molecule has 1 atom stereocenters. The maximum absolute atomic E-state index is 14.5. The smallest absolute Gasteiger partial charge is 0.261 e. The molecule has 142 valence electrons. The first-order valence-electron chi connectivity index (χ1n) is 8.97. The summed E-state index contributed by atoms with van der Waals surface area (Å²) in [5, 5.41) is 18.5. The van der Waals surface area contributed by atoms with Crippen molar-refractivity contribution in [3.63, 3.8) is 0 Å². The molecule has 3 aromatic heterocycles. The normalized spacial score (nSPS) is 17.0. The van der Waals surface area contributed by atoms with Crippen molar-refractivity contribution in [1.29, 1.82) is 0 Å². The number of halogens is 1. The first kappa shape index (κ1) is 16.8. The standard InChI is InChI=1S/C19H17FN6O2/c1-25-9-10-6-12(17(27)15(20)16(10)24-25)18-22-8-13-14(23-18)3-5-26(19(13)28)11-2-4-21-7-11/h3,5-6,8-9,11,21,27H,2,4,7H2,1H3/t11-/m1/s1. The number of benzene rings is 1. The number of aromatic hydroxyl groups is 1. The van der Waals surface area contributed by atoms with Crippen molar-refractivity contribution in [3.05, 3.63) is 46.9 Å². The zero-order valence-corrected chi connectivity index (χ0v) is 15.1. The maximum atomic E-state index is 14.5. The van der Waals surface area contributed by atoms with Crippen molar-refractivity contribution in [2.45, 2.75) is 12.5 Å². The van der Waals surface area contributed by atoms with Crippen molar-refractivity contribution in [2.24, 2.45) is 7.05 Å². The lowest BCUT2D eigenvalue weighted by atomic mass is 10.1. The molecule has 28 heavy (non-hydrogen) atoms. The molecule has 9 heteroatoms. The molecule has 1 aliphatic rings. The quantitative estimate of drug-likeness (QED) is 0.550. The minimum Gasteiger partial charge on any atom is -0.504 e. The molecule has 0 saturated carbocycles. The number of aryl methyl sites for hydroxylation is 1. The average Bonchev–Trinajstić information content (AvgIpc) is 3.34. The van der Waals surface area contributed by atoms with Crippen molar-refractivity contribution < 1.29 is 9.50 Å². The van der Waals surface area contributed by atoms with Crippen LogP contribution < -0.4 is 10.9 Å². The summed E-state index contributed by atoms with van der Waals surface area (Å²) in [4.78, 5) is 21.4. The Labute approximate surface area is 158 Å². The number of nitrogens with zero attached hydrogens (tertiary/aromatic N) is 5. The van der Waals surface area contributed by atoms with E-state index in [-0.39, 0.29) is 28.5 Å². The second kappa shape index (κ2) is 6.10. The topological polar surface area (TPSA) is 97.9 Å². The van der Waals surface area contributed by atoms with Crippen molar-refractivity contribution >= 4 is 21.8 Å². The van der Waals surface area contributed by atoms with E-state index in [1.165, 1.54) is 10.9 Å². The third-order valence-corrected chi connectivity index (χ3v) is 5.17. The lowest BCUT2D eigenvalue weighted by molar-refractivity contribution is 0.437. The summed E-state index contributed by atoms with van der Waals surface area (Å²) in [7, 11) is 1.67. The van der Waals surface area contributed by atoms with Gasteiger partial charge in [0.05, 0.1) is 22.5 Å². The number of pyridine rings is 1. The van der Waals surface area contributed by atoms with Gasteiger partial charge >= 0.3 is 0 Å². The Morgan fingerprint density at radius 2 is 2.25 bits per heavy atom. The highest BCUT2D eigenvalue weighted by atomic mass is 19.1. The molecule has 0 unspecified atom stereocenters. The molecule has 0 radical (unpaired) electrons. The predicted molar refractivity (Wildman–Crippen MR) is 102 cm³/mol. The zero-order chi connectivity index (χ0) is 19.4. The molecule has 1 fully saturated rings. The van der Waals surface area contributed by atoms with Gasteiger partial charge in [-0.25, -0.2) is 14.4 Å². The number of phenolic OH excluding ortho intramolecular Hbond substituents is 1. The molecular weight excluding hydrogens is 363 g/mol. The van der Waals surface area contributed by atoms with Gasteiger partial charge in [-0.05, 0) is 25.1 Å². The van der Waals surface area contributed by atoms with E-state index in [1.54, 1.807) is 36.1 Å². The van der Waals surface area contributed by atoms with E-state index < -0.39 is 11.6 Å². The molecule has 0 amide bonds. The number of phenols is 1. The summed E-state index contributed by atoms with van der Waals surface area (Å²) in [6.07, 6.45) is 5.70. The fourth-order valence-electron chi connectivity index (χ4n) is 3.75. The second-order valence-electron chi connectivity index (χ2n) is 6.99. The third-order valence-electron chi connectivity index (χ3n) is 5.17. The molecule has 1 aromatic carbocycles. The van der Waals surface area contributed by atoms with Gasteiger partial charge in [0.15, 0.2) is 17.4 Å². The SMILES string of the molecule is Cn1cc2cc(-c3ncc4c(=O)n([C@@H]5CCNC5)ccc4n3)c(O)c(F)c2n1. The van der Waals surface area contributed by atoms with Crippen LogP contribution in [0, 0.1) is 5.82 Å². The average molecular weight is 380 g/mol. The van der Waals surface area contributed by atoms with Crippen molar-refractivity contribution in [1.82, 2.24) is 29.6 Å². The summed E-state index contributed by atoms with van der Waals surface area (Å²) in [5.41, 5.74) is 0.529. The van der Waals surface area contributed by atoms with Crippen LogP contribution in [0.25, 0.3) is 33.2 Å². The van der Waals surface area contributed by atoms with E-state index in [4.69, 9.17) is 0 Å². The van der Waals surface area contributed by atoms with Gasteiger partial charge in [-0.15, -0.1) is 0 Å². The second-order valence-corrected chi connectivity index (χ2v) is 6.99. The number of aromatic nitrogens is 5. The maximum Gasteiger partial charge on any atom is 0.261 e. The number of hydrogen-bond acceptors (Lipinski definition) is 6. The van der Waals surface area contributed by atoms with Gasteiger partial charge in [0.1, 0.15) is 5.52 Å². The van der Waals surface area contributed by atoms with Gasteiger partial charge in [0.25, 0.3) is 5.56 Å². The van der Waals surface area contributed by atoms with Crippen LogP contribution in [0.15, 0.2) is 35.5 Å². The molecule has 4 aromatic rings. The van der Waals surface area contributed by atoms with Gasteiger partial charge < -0.3 is 15.0 Å². The zero-order valence-electron chi connectivity index (χ0n) is 15.1. The molecule has 0 aliphatic carbocycles.